The molecular formula is C70H103N6O14PSi. The van der Waals surface area contributed by atoms with E-state index in [4.69, 9.17) is 56.1 Å². The van der Waals surface area contributed by atoms with Crippen molar-refractivity contribution in [1.29, 1.82) is 5.26 Å². The molecule has 0 aliphatic carbocycles. The van der Waals surface area contributed by atoms with E-state index in [1.165, 1.54) is 4.57 Å². The lowest BCUT2D eigenvalue weighted by atomic mass is 9.79. The van der Waals surface area contributed by atoms with Gasteiger partial charge in [0.15, 0.2) is 6.23 Å². The Morgan fingerprint density at radius 2 is 1.27 bits per heavy atom. The van der Waals surface area contributed by atoms with Crippen LogP contribution in [0.5, 0.6) is 11.5 Å². The van der Waals surface area contributed by atoms with Gasteiger partial charge in [-0.15, -0.1) is 0 Å². The van der Waals surface area contributed by atoms with E-state index in [-0.39, 0.29) is 61.0 Å². The van der Waals surface area contributed by atoms with Gasteiger partial charge < -0.3 is 66.3 Å². The minimum atomic E-state index is -2.60. The number of amides is 1. The smallest absolute Gasteiger partial charge is 0.351 e. The summed E-state index contributed by atoms with van der Waals surface area (Å²) in [6, 6.07) is 37.9. The van der Waals surface area contributed by atoms with Crippen LogP contribution in [0.15, 0.2) is 126 Å². The molecule has 1 aromatic heterocycles. The van der Waals surface area contributed by atoms with E-state index in [1.54, 1.807) is 57.9 Å². The second-order valence-electron chi connectivity index (χ2n) is 24.5. The number of benzene rings is 4. The van der Waals surface area contributed by atoms with Gasteiger partial charge in [0.1, 0.15) is 54.1 Å². The van der Waals surface area contributed by atoms with Gasteiger partial charge in [0.25, 0.3) is 14.4 Å². The molecule has 0 saturated carbocycles. The summed E-state index contributed by atoms with van der Waals surface area (Å²) in [4.78, 5) is 35.2. The summed E-state index contributed by atoms with van der Waals surface area (Å²) in [7, 11) is 2.39. The lowest BCUT2D eigenvalue weighted by Gasteiger charge is -2.43. The van der Waals surface area contributed by atoms with E-state index >= 15 is 0 Å². The zero-order valence-electron chi connectivity index (χ0n) is 56.8. The van der Waals surface area contributed by atoms with E-state index in [0.29, 0.717) is 56.7 Å². The first-order valence-corrected chi connectivity index (χ1v) is 35.7. The molecule has 1 amide bonds. The number of aromatic nitrogens is 2. The van der Waals surface area contributed by atoms with E-state index in [0.717, 1.165) is 49.0 Å². The number of ether oxygens (including phenoxy) is 9. The van der Waals surface area contributed by atoms with Crippen LogP contribution in [0.1, 0.15) is 128 Å². The molecule has 6 atom stereocenters. The molecule has 6 rings (SSSR count). The molecule has 1 unspecified atom stereocenters. The Morgan fingerprint density at radius 1 is 0.696 bits per heavy atom. The first-order valence-electron chi connectivity index (χ1n) is 32.4. The van der Waals surface area contributed by atoms with Crippen molar-refractivity contribution in [3.05, 3.63) is 154 Å². The molecule has 5 aromatic rings. The van der Waals surface area contributed by atoms with Crippen molar-refractivity contribution in [3.8, 4) is 17.6 Å². The van der Waals surface area contributed by atoms with Gasteiger partial charge in [-0.3, -0.25) is 9.36 Å². The van der Waals surface area contributed by atoms with Crippen LogP contribution in [0.2, 0.25) is 16.6 Å². The zero-order chi connectivity index (χ0) is 66.6. The average molecular weight is 1310 g/mol. The predicted molar refractivity (Wildman–Crippen MR) is 362 cm³/mol. The van der Waals surface area contributed by atoms with Crippen LogP contribution in [-0.4, -0.2) is 171 Å². The number of hydrogen-bond donors (Lipinski definition) is 1. The molecule has 2 heterocycles. The van der Waals surface area contributed by atoms with Crippen LogP contribution < -0.4 is 20.5 Å². The van der Waals surface area contributed by atoms with Crippen molar-refractivity contribution in [2.75, 3.05) is 106 Å². The topological polar surface area (TPSA) is 205 Å². The lowest BCUT2D eigenvalue weighted by molar-refractivity contribution is -0.163. The third-order valence-corrected chi connectivity index (χ3v) is 24.8. The Labute approximate surface area is 549 Å². The molecule has 1 saturated heterocycles. The van der Waals surface area contributed by atoms with E-state index in [9.17, 15) is 14.9 Å². The summed E-state index contributed by atoms with van der Waals surface area (Å²) >= 11 is 0. The van der Waals surface area contributed by atoms with Gasteiger partial charge in [0.2, 0.25) is 8.32 Å². The Hall–Kier alpha value is -5.51. The first kappa shape index (κ1) is 75.5. The number of unbranched alkanes of at least 4 members (excludes halogenated alkanes) is 2. The minimum absolute atomic E-state index is 0.0270. The fraction of sp³-hybridized carbons (Fsp3) is 0.571. The molecule has 0 radical (unpaired) electrons. The monoisotopic (exact) mass is 1310 g/mol. The molecule has 92 heavy (non-hydrogen) atoms. The standard InChI is InChI=1S/C70H103N6O14PSi/c1-51(2)76(52(3)4)91(86-43-24-38-71)90-65-64(88-68(66(65)85-50-87-92(53(5)6,54(7)8)55(9)10)75-40-37-63(73-69(75)78)72-67(77)56-25-18-15-19-26-56)62(49-84-42-23-17-22-39-74(11)41-44-82-47-48-83-46-45-79-12)89-70(57-27-20-16-21-28-57,58-29-33-60(80-13)34-30-58)59-31-35-61(81-14)36-32-59/h15-16,18-21,25-37,40,51-55,62,64-66,68H,17,22-24,39,41-50H2,1-14H3,(H,72,73,77,78)/t62-,64-,65-,66-,68-,91?/m1/s1. The molecular weight excluding hydrogens is 1210 g/mol. The molecule has 22 heteroatoms. The summed E-state index contributed by atoms with van der Waals surface area (Å²) in [5.74, 6) is 0.908. The van der Waals surface area contributed by atoms with Crippen LogP contribution in [0.4, 0.5) is 5.82 Å². The Bertz CT molecular complexity index is 2920. The molecule has 20 nitrogen and oxygen atoms in total. The van der Waals surface area contributed by atoms with Gasteiger partial charge in [-0.1, -0.05) is 114 Å². The summed E-state index contributed by atoms with van der Waals surface area (Å²) in [6.07, 6.45) is -1.42. The highest BCUT2D eigenvalue weighted by Crippen LogP contribution is 2.53. The third kappa shape index (κ3) is 20.7. The number of carbonyl (C=O) groups is 1. The van der Waals surface area contributed by atoms with Crippen molar-refractivity contribution < 1.29 is 60.9 Å². The summed E-state index contributed by atoms with van der Waals surface area (Å²) in [6.45, 7) is 26.2. The number of hydrogen-bond acceptors (Lipinski definition) is 18. The quantitative estimate of drug-likeness (QED) is 0.0127. The van der Waals surface area contributed by atoms with Gasteiger partial charge in [-0.05, 0) is 136 Å². The largest absolute Gasteiger partial charge is 0.497 e. The number of methoxy groups -OCH3 is 3. The van der Waals surface area contributed by atoms with Crippen molar-refractivity contribution >= 4 is 28.6 Å². The van der Waals surface area contributed by atoms with Gasteiger partial charge in [-0.25, -0.2) is 9.46 Å². The molecule has 0 spiro atoms. The normalized spacial score (nSPS) is 17.0. The highest BCUT2D eigenvalue weighted by Gasteiger charge is 2.56. The number of carbonyl (C=O) groups excluding carboxylic acids is 1. The fourth-order valence-electron chi connectivity index (χ4n) is 12.3. The number of nitriles is 1. The van der Waals surface area contributed by atoms with Crippen LogP contribution >= 0.6 is 8.53 Å². The average Bonchev–Trinajstić information content (AvgIpc) is 1.28. The minimum Gasteiger partial charge on any atom is -0.497 e. The Morgan fingerprint density at radius 3 is 1.83 bits per heavy atom. The molecule has 0 bridgehead atoms. The maximum absolute atomic E-state index is 15.0. The molecule has 1 aliphatic heterocycles. The van der Waals surface area contributed by atoms with E-state index in [1.807, 2.05) is 84.9 Å². The maximum Gasteiger partial charge on any atom is 0.351 e. The molecule has 4 aromatic carbocycles. The van der Waals surface area contributed by atoms with Gasteiger partial charge in [0.05, 0.1) is 73.0 Å². The predicted octanol–water partition coefficient (Wildman–Crippen LogP) is 12.8. The number of nitrogens with zero attached hydrogens (tertiary/aromatic N) is 5. The van der Waals surface area contributed by atoms with Crippen molar-refractivity contribution in [3.63, 3.8) is 0 Å². The first-order chi connectivity index (χ1) is 44.4. The molecule has 1 N–H and O–H groups in total. The maximum atomic E-state index is 15.0. The second-order valence-corrected chi connectivity index (χ2v) is 31.3. The Kier molecular flexibility index (Phi) is 31.8. The van der Waals surface area contributed by atoms with Crippen molar-refractivity contribution in [2.24, 2.45) is 0 Å². The van der Waals surface area contributed by atoms with Crippen molar-refractivity contribution in [1.82, 2.24) is 19.1 Å². The number of anilines is 1. The highest BCUT2D eigenvalue weighted by atomic mass is 31.2. The van der Waals surface area contributed by atoms with Crippen LogP contribution in [0.3, 0.4) is 0 Å². The van der Waals surface area contributed by atoms with Crippen LogP contribution in [0.25, 0.3) is 0 Å². The number of likely N-dealkylation sites (N-methyl/N-ethyl adjacent to an activating group) is 1. The SMILES string of the molecule is COCCOCCOCCN(C)CCCCCOC[C@@H](OC(c1ccccc1)(c1ccc(OC)cc1)c1ccc(OC)cc1)[C@H]1O[C@@H](n2ccc(NC(=O)c3ccccc3)nc2=O)[C@H](OCO[Si](C(C)C)(C(C)C)C(C)C)[C@@H]1OP(OCCC#N)N(C(C)C)C(C)C. The number of nitrogens with one attached hydrogen (secondary N) is 1. The molecule has 506 valence electrons. The van der Waals surface area contributed by atoms with Crippen LogP contribution in [0, 0.1) is 11.3 Å². The third-order valence-electron chi connectivity index (χ3n) is 16.7. The second kappa shape index (κ2) is 38.8. The van der Waals surface area contributed by atoms with E-state index < -0.39 is 64.7 Å². The van der Waals surface area contributed by atoms with Gasteiger partial charge >= 0.3 is 5.69 Å². The molecule has 1 fully saturated rings. The lowest BCUT2D eigenvalue weighted by Crippen LogP contribution is -2.50. The molecule has 1 aliphatic rings. The van der Waals surface area contributed by atoms with Gasteiger partial charge in [0, 0.05) is 44.1 Å². The summed E-state index contributed by atoms with van der Waals surface area (Å²) in [5.41, 5.74) is 1.19. The summed E-state index contributed by atoms with van der Waals surface area (Å²) in [5, 5.41) is 12.7. The number of rotatable bonds is 43. The fourth-order valence-corrected chi connectivity index (χ4v) is 19.3. The Balaban J connectivity index is 1.53. The zero-order valence-corrected chi connectivity index (χ0v) is 58.7. The van der Waals surface area contributed by atoms with Gasteiger partial charge in [-0.2, -0.15) is 10.2 Å². The van der Waals surface area contributed by atoms with E-state index in [2.05, 4.69) is 102 Å². The highest BCUT2D eigenvalue weighted by molar-refractivity contribution is 7.44. The van der Waals surface area contributed by atoms with Crippen molar-refractivity contribution in [2.45, 2.75) is 160 Å². The van der Waals surface area contributed by atoms with Crippen LogP contribution in [-0.2, 0) is 52.2 Å². The summed E-state index contributed by atoms with van der Waals surface area (Å²) < 4.78 is 82.7.